The molecule has 32 heavy (non-hydrogen) atoms. The molecule has 1 N–H and O–H groups in total. The molecule has 0 aliphatic heterocycles. The number of para-hydroxylation sites is 1. The lowest BCUT2D eigenvalue weighted by molar-refractivity contribution is -0.121. The number of benzene rings is 3. The number of nitrogens with zero attached hydrogens (tertiary/aromatic N) is 1. The standard InChI is InChI=1S/C26H23Cl3N2O/c1-31-16-23(21-4-2-3-5-25(21)31)22(17-6-9-19(27)10-7-17)15-26(32)30-13-12-18-8-11-20(28)14-24(18)29/h2-11,14,16,22H,12-13,15H2,1H3,(H,30,32)/t22-/m0/s1. The Kier molecular flexibility index (Phi) is 7.10. The van der Waals surface area contributed by atoms with Crippen molar-refractivity contribution >= 4 is 51.6 Å². The molecule has 1 atom stereocenters. The third-order valence-corrected chi connectivity index (χ3v) is 6.54. The first-order valence-electron chi connectivity index (χ1n) is 10.4. The van der Waals surface area contributed by atoms with Crippen molar-refractivity contribution in [2.75, 3.05) is 6.54 Å². The Balaban J connectivity index is 1.54. The van der Waals surface area contributed by atoms with Crippen molar-refractivity contribution in [3.8, 4) is 0 Å². The van der Waals surface area contributed by atoms with Crippen molar-refractivity contribution in [1.29, 1.82) is 0 Å². The van der Waals surface area contributed by atoms with E-state index in [0.717, 1.165) is 27.6 Å². The lowest BCUT2D eigenvalue weighted by Gasteiger charge is -2.17. The van der Waals surface area contributed by atoms with E-state index in [1.807, 2.05) is 55.6 Å². The Hall–Kier alpha value is -2.46. The first-order chi connectivity index (χ1) is 15.4. The van der Waals surface area contributed by atoms with Crippen LogP contribution >= 0.6 is 34.8 Å². The Bertz CT molecular complexity index is 1250. The molecule has 0 fully saturated rings. The van der Waals surface area contributed by atoms with Gasteiger partial charge in [0.05, 0.1) is 0 Å². The molecule has 0 aliphatic rings. The average molecular weight is 486 g/mol. The highest BCUT2D eigenvalue weighted by molar-refractivity contribution is 6.35. The molecule has 6 heteroatoms. The maximum Gasteiger partial charge on any atom is 0.220 e. The second kappa shape index (κ2) is 9.99. The fourth-order valence-corrected chi connectivity index (χ4v) is 4.70. The molecule has 164 valence electrons. The fraction of sp³-hybridized carbons (Fsp3) is 0.192. The molecule has 4 aromatic rings. The summed E-state index contributed by atoms with van der Waals surface area (Å²) in [7, 11) is 2.03. The molecule has 3 aromatic carbocycles. The number of nitrogens with one attached hydrogen (secondary N) is 1. The number of carbonyl (C=O) groups is 1. The van der Waals surface area contributed by atoms with Gasteiger partial charge in [0.1, 0.15) is 0 Å². The van der Waals surface area contributed by atoms with E-state index >= 15 is 0 Å². The molecule has 4 rings (SSSR count). The molecular weight excluding hydrogens is 463 g/mol. The van der Waals surface area contributed by atoms with Crippen LogP contribution in [0.15, 0.2) is 72.9 Å². The van der Waals surface area contributed by atoms with Crippen molar-refractivity contribution in [3.63, 3.8) is 0 Å². The third-order valence-electron chi connectivity index (χ3n) is 5.70. The molecule has 0 bridgehead atoms. The molecule has 0 spiro atoms. The number of halogens is 3. The Morgan fingerprint density at radius 1 is 0.969 bits per heavy atom. The minimum Gasteiger partial charge on any atom is -0.356 e. The number of hydrogen-bond acceptors (Lipinski definition) is 1. The molecule has 0 unspecified atom stereocenters. The zero-order valence-electron chi connectivity index (χ0n) is 17.6. The van der Waals surface area contributed by atoms with E-state index in [-0.39, 0.29) is 11.8 Å². The van der Waals surface area contributed by atoms with Gasteiger partial charge in [0.15, 0.2) is 0 Å². The molecule has 1 amide bonds. The topological polar surface area (TPSA) is 34.0 Å². The van der Waals surface area contributed by atoms with Gasteiger partial charge in [-0.1, -0.05) is 71.2 Å². The van der Waals surface area contributed by atoms with Crippen molar-refractivity contribution < 1.29 is 4.79 Å². The number of amides is 1. The van der Waals surface area contributed by atoms with Crippen molar-refractivity contribution in [1.82, 2.24) is 9.88 Å². The van der Waals surface area contributed by atoms with Gasteiger partial charge in [-0.3, -0.25) is 4.79 Å². The highest BCUT2D eigenvalue weighted by Gasteiger charge is 2.22. The predicted octanol–water partition coefficient (Wildman–Crippen LogP) is 7.02. The minimum atomic E-state index is -0.0857. The van der Waals surface area contributed by atoms with Crippen LogP contribution in [0.5, 0.6) is 0 Å². The smallest absolute Gasteiger partial charge is 0.220 e. The average Bonchev–Trinajstić information content (AvgIpc) is 3.11. The number of aromatic nitrogens is 1. The van der Waals surface area contributed by atoms with Crippen LogP contribution < -0.4 is 5.32 Å². The van der Waals surface area contributed by atoms with Gasteiger partial charge in [-0.25, -0.2) is 0 Å². The Labute approximate surface area is 202 Å². The molecule has 0 saturated carbocycles. The predicted molar refractivity (Wildman–Crippen MR) is 134 cm³/mol. The van der Waals surface area contributed by atoms with E-state index in [1.54, 1.807) is 6.07 Å². The lowest BCUT2D eigenvalue weighted by atomic mass is 9.88. The fourth-order valence-electron chi connectivity index (χ4n) is 4.07. The summed E-state index contributed by atoms with van der Waals surface area (Å²) in [5, 5.41) is 6.08. The largest absolute Gasteiger partial charge is 0.356 e. The van der Waals surface area contributed by atoms with Crippen LogP contribution in [0.4, 0.5) is 0 Å². The van der Waals surface area contributed by atoms with Crippen molar-refractivity contribution in [2.45, 2.75) is 18.8 Å². The second-order valence-electron chi connectivity index (χ2n) is 7.86. The van der Waals surface area contributed by atoms with E-state index in [0.29, 0.717) is 34.5 Å². The van der Waals surface area contributed by atoms with Gasteiger partial charge in [0, 0.05) is 58.1 Å². The number of fused-ring (bicyclic) bond motifs is 1. The summed E-state index contributed by atoms with van der Waals surface area (Å²) in [6, 6.07) is 21.4. The summed E-state index contributed by atoms with van der Waals surface area (Å²) in [5.41, 5.74) is 4.28. The molecule has 0 aliphatic carbocycles. The van der Waals surface area contributed by atoms with E-state index in [4.69, 9.17) is 34.8 Å². The molecule has 0 radical (unpaired) electrons. The zero-order chi connectivity index (χ0) is 22.7. The summed E-state index contributed by atoms with van der Waals surface area (Å²) >= 11 is 18.3. The second-order valence-corrected chi connectivity index (χ2v) is 9.14. The first-order valence-corrected chi connectivity index (χ1v) is 11.6. The van der Waals surface area contributed by atoms with Crippen LogP contribution in [0.25, 0.3) is 10.9 Å². The Morgan fingerprint density at radius 3 is 2.44 bits per heavy atom. The maximum absolute atomic E-state index is 12.9. The molecule has 3 nitrogen and oxygen atoms in total. The number of aryl methyl sites for hydroxylation is 1. The van der Waals surface area contributed by atoms with Gasteiger partial charge >= 0.3 is 0 Å². The van der Waals surface area contributed by atoms with Gasteiger partial charge in [-0.15, -0.1) is 0 Å². The third kappa shape index (κ3) is 5.12. The number of hydrogen-bond donors (Lipinski definition) is 1. The van der Waals surface area contributed by atoms with Crippen LogP contribution in [0.3, 0.4) is 0 Å². The minimum absolute atomic E-state index is 0.0111. The quantitative estimate of drug-likeness (QED) is 0.300. The highest BCUT2D eigenvalue weighted by atomic mass is 35.5. The van der Waals surface area contributed by atoms with E-state index in [1.165, 1.54) is 0 Å². The maximum atomic E-state index is 12.9. The van der Waals surface area contributed by atoms with E-state index in [9.17, 15) is 4.79 Å². The van der Waals surface area contributed by atoms with Gasteiger partial charge in [0.25, 0.3) is 0 Å². The highest BCUT2D eigenvalue weighted by Crippen LogP contribution is 2.35. The number of rotatable bonds is 7. The molecule has 0 saturated heterocycles. The van der Waals surface area contributed by atoms with E-state index in [2.05, 4.69) is 28.2 Å². The summed E-state index contributed by atoms with van der Waals surface area (Å²) < 4.78 is 2.11. The normalized spacial score (nSPS) is 12.1. The Morgan fingerprint density at radius 2 is 1.69 bits per heavy atom. The van der Waals surface area contributed by atoms with Gasteiger partial charge in [-0.05, 0) is 53.4 Å². The molecule has 1 heterocycles. The number of carbonyl (C=O) groups excluding carboxylic acids is 1. The summed E-state index contributed by atoms with van der Waals surface area (Å²) in [5.74, 6) is -0.0968. The SMILES string of the molecule is Cn1cc([C@@H](CC(=O)NCCc2ccc(Cl)cc2Cl)c2ccc(Cl)cc2)c2ccccc21. The van der Waals surface area contributed by atoms with Gasteiger partial charge in [0.2, 0.25) is 5.91 Å². The van der Waals surface area contributed by atoms with Crippen LogP contribution in [0.2, 0.25) is 15.1 Å². The lowest BCUT2D eigenvalue weighted by Crippen LogP contribution is -2.27. The summed E-state index contributed by atoms with van der Waals surface area (Å²) in [4.78, 5) is 12.9. The zero-order valence-corrected chi connectivity index (χ0v) is 19.9. The van der Waals surface area contributed by atoms with E-state index < -0.39 is 0 Å². The van der Waals surface area contributed by atoms with Crippen LogP contribution in [-0.4, -0.2) is 17.0 Å². The molecule has 1 aromatic heterocycles. The van der Waals surface area contributed by atoms with Crippen molar-refractivity contribution in [2.24, 2.45) is 7.05 Å². The van der Waals surface area contributed by atoms with Crippen molar-refractivity contribution in [3.05, 3.63) is 105 Å². The van der Waals surface area contributed by atoms with Crippen LogP contribution in [0, 0.1) is 0 Å². The summed E-state index contributed by atoms with van der Waals surface area (Å²) in [6.45, 7) is 0.503. The van der Waals surface area contributed by atoms with Gasteiger partial charge < -0.3 is 9.88 Å². The van der Waals surface area contributed by atoms with Gasteiger partial charge in [-0.2, -0.15) is 0 Å². The monoisotopic (exact) mass is 484 g/mol. The van der Waals surface area contributed by atoms with Crippen LogP contribution in [-0.2, 0) is 18.3 Å². The first kappa shape index (κ1) is 22.7. The molecular formula is C26H23Cl3N2O. The van der Waals surface area contributed by atoms with Crippen LogP contribution in [0.1, 0.15) is 29.0 Å². The summed E-state index contributed by atoms with van der Waals surface area (Å²) in [6.07, 6.45) is 3.09.